The van der Waals surface area contributed by atoms with E-state index in [9.17, 15) is 4.79 Å². The minimum Gasteiger partial charge on any atom is -0.383 e. The maximum atomic E-state index is 12.4. The van der Waals surface area contributed by atoms with Gasteiger partial charge < -0.3 is 9.64 Å². The Kier molecular flexibility index (Phi) is 4.78. The molecule has 1 aliphatic heterocycles. The lowest BCUT2D eigenvalue weighted by Crippen LogP contribution is -2.34. The number of benzene rings is 1. The second-order valence-corrected chi connectivity index (χ2v) is 5.41. The van der Waals surface area contributed by atoms with Crippen LogP contribution in [0, 0.1) is 13.8 Å². The van der Waals surface area contributed by atoms with Gasteiger partial charge in [-0.05, 0) is 31.4 Å². The number of amides is 1. The molecular formula is C16H24N2O2. The molecule has 1 aliphatic rings. The zero-order chi connectivity index (χ0) is 14.7. The first kappa shape index (κ1) is 15.0. The summed E-state index contributed by atoms with van der Waals surface area (Å²) in [6, 6.07) is 6.30. The normalized spacial score (nSPS) is 22.6. The molecule has 1 aromatic carbocycles. The fourth-order valence-electron chi connectivity index (χ4n) is 2.71. The van der Waals surface area contributed by atoms with Crippen molar-refractivity contribution in [2.75, 3.05) is 20.3 Å². The highest BCUT2D eigenvalue weighted by Gasteiger charge is 2.38. The van der Waals surface area contributed by atoms with Crippen LogP contribution in [-0.2, 0) is 9.53 Å². The van der Waals surface area contributed by atoms with Crippen LogP contribution in [0.2, 0.25) is 0 Å². The molecule has 2 unspecified atom stereocenters. The van der Waals surface area contributed by atoms with Crippen molar-refractivity contribution in [3.05, 3.63) is 34.9 Å². The van der Waals surface area contributed by atoms with E-state index in [1.807, 2.05) is 11.8 Å². The van der Waals surface area contributed by atoms with E-state index in [1.165, 1.54) is 16.7 Å². The number of rotatable bonds is 5. The number of nitrogens with one attached hydrogen (secondary N) is 1. The summed E-state index contributed by atoms with van der Waals surface area (Å²) >= 11 is 0. The van der Waals surface area contributed by atoms with E-state index in [0.29, 0.717) is 13.2 Å². The molecule has 1 amide bonds. The molecule has 0 bridgehead atoms. The van der Waals surface area contributed by atoms with Crippen molar-refractivity contribution in [1.29, 1.82) is 0 Å². The molecule has 2 rings (SSSR count). The molecule has 1 saturated heterocycles. The van der Waals surface area contributed by atoms with Crippen LogP contribution in [0.1, 0.15) is 36.2 Å². The fraction of sp³-hybridized carbons (Fsp3) is 0.562. The minimum absolute atomic E-state index is 0.0394. The Balaban J connectivity index is 2.31. The van der Waals surface area contributed by atoms with Crippen LogP contribution in [0.15, 0.2) is 18.2 Å². The quantitative estimate of drug-likeness (QED) is 0.896. The first-order valence-electron chi connectivity index (χ1n) is 7.21. The van der Waals surface area contributed by atoms with Gasteiger partial charge in [-0.25, -0.2) is 0 Å². The number of carbonyl (C=O) groups excluding carboxylic acids is 1. The molecule has 1 aromatic rings. The fourth-order valence-corrected chi connectivity index (χ4v) is 2.71. The van der Waals surface area contributed by atoms with E-state index < -0.39 is 0 Å². The number of hydrogen-bond acceptors (Lipinski definition) is 3. The SMILES string of the molecule is CCC1NC(c2cc(C)ccc2C)N(CCOC)C1=O. The molecule has 4 heteroatoms. The predicted molar refractivity (Wildman–Crippen MR) is 79.5 cm³/mol. The highest BCUT2D eigenvalue weighted by Crippen LogP contribution is 2.29. The molecule has 1 fully saturated rings. The molecule has 2 atom stereocenters. The standard InChI is InChI=1S/C16H24N2O2/c1-5-14-16(19)18(8-9-20-4)15(17-14)13-10-11(2)6-7-12(13)3/h6-7,10,14-15,17H,5,8-9H2,1-4H3. The van der Waals surface area contributed by atoms with Crippen molar-refractivity contribution in [1.82, 2.24) is 10.2 Å². The van der Waals surface area contributed by atoms with E-state index in [1.54, 1.807) is 7.11 Å². The summed E-state index contributed by atoms with van der Waals surface area (Å²) in [5.74, 6) is 0.176. The van der Waals surface area contributed by atoms with Crippen molar-refractivity contribution < 1.29 is 9.53 Å². The summed E-state index contributed by atoms with van der Waals surface area (Å²) in [6.07, 6.45) is 0.770. The topological polar surface area (TPSA) is 41.6 Å². The maximum Gasteiger partial charge on any atom is 0.241 e. The first-order valence-corrected chi connectivity index (χ1v) is 7.21. The lowest BCUT2D eigenvalue weighted by atomic mass is 10.0. The number of hydrogen-bond donors (Lipinski definition) is 1. The molecule has 0 radical (unpaired) electrons. The molecule has 4 nitrogen and oxygen atoms in total. The van der Waals surface area contributed by atoms with Crippen LogP contribution in [0.4, 0.5) is 0 Å². The number of aryl methyl sites for hydroxylation is 2. The third kappa shape index (κ3) is 2.86. The average Bonchev–Trinajstić information content (AvgIpc) is 2.75. The Labute approximate surface area is 121 Å². The zero-order valence-electron chi connectivity index (χ0n) is 12.8. The van der Waals surface area contributed by atoms with Crippen LogP contribution in [0.3, 0.4) is 0 Å². The summed E-state index contributed by atoms with van der Waals surface area (Å²) < 4.78 is 5.14. The molecular weight excluding hydrogens is 252 g/mol. The molecule has 20 heavy (non-hydrogen) atoms. The van der Waals surface area contributed by atoms with E-state index in [4.69, 9.17) is 4.74 Å². The summed E-state index contributed by atoms with van der Waals surface area (Å²) in [5.41, 5.74) is 3.61. The van der Waals surface area contributed by atoms with Crippen molar-refractivity contribution in [3.8, 4) is 0 Å². The largest absolute Gasteiger partial charge is 0.383 e. The maximum absolute atomic E-state index is 12.4. The molecule has 0 saturated carbocycles. The lowest BCUT2D eigenvalue weighted by molar-refractivity contribution is -0.130. The van der Waals surface area contributed by atoms with E-state index >= 15 is 0 Å². The van der Waals surface area contributed by atoms with Crippen molar-refractivity contribution >= 4 is 5.91 Å². The lowest BCUT2D eigenvalue weighted by Gasteiger charge is -2.25. The Bertz CT molecular complexity index is 487. The Morgan fingerprint density at radius 2 is 2.10 bits per heavy atom. The average molecular weight is 276 g/mol. The van der Waals surface area contributed by atoms with Crippen molar-refractivity contribution in [2.24, 2.45) is 0 Å². The molecule has 0 aliphatic carbocycles. The molecule has 110 valence electrons. The van der Waals surface area contributed by atoms with Gasteiger partial charge in [0.2, 0.25) is 5.91 Å². The summed E-state index contributed by atoms with van der Waals surface area (Å²) in [7, 11) is 1.66. The Hall–Kier alpha value is -1.39. The molecule has 0 aromatic heterocycles. The van der Waals surface area contributed by atoms with Gasteiger partial charge in [0, 0.05) is 13.7 Å². The smallest absolute Gasteiger partial charge is 0.241 e. The number of ether oxygens (including phenoxy) is 1. The van der Waals surface area contributed by atoms with Gasteiger partial charge in [-0.3, -0.25) is 10.1 Å². The predicted octanol–water partition coefficient (Wildman–Crippen LogP) is 2.16. The summed E-state index contributed by atoms with van der Waals surface area (Å²) in [6.45, 7) is 7.39. The number of carbonyl (C=O) groups is 1. The Morgan fingerprint density at radius 3 is 2.75 bits per heavy atom. The minimum atomic E-state index is -0.0863. The highest BCUT2D eigenvalue weighted by molar-refractivity contribution is 5.84. The van der Waals surface area contributed by atoms with Gasteiger partial charge >= 0.3 is 0 Å². The highest BCUT2D eigenvalue weighted by atomic mass is 16.5. The molecule has 0 spiro atoms. The van der Waals surface area contributed by atoms with Crippen LogP contribution >= 0.6 is 0 Å². The van der Waals surface area contributed by atoms with Crippen molar-refractivity contribution in [3.63, 3.8) is 0 Å². The van der Waals surface area contributed by atoms with Gasteiger partial charge in [-0.15, -0.1) is 0 Å². The molecule has 1 N–H and O–H groups in total. The number of nitrogens with zero attached hydrogens (tertiary/aromatic N) is 1. The molecule has 1 heterocycles. The second-order valence-electron chi connectivity index (χ2n) is 5.41. The number of methoxy groups -OCH3 is 1. The van der Waals surface area contributed by atoms with Gasteiger partial charge in [0.25, 0.3) is 0 Å². The van der Waals surface area contributed by atoms with Gasteiger partial charge in [0.15, 0.2) is 0 Å². The van der Waals surface area contributed by atoms with Crippen LogP contribution < -0.4 is 5.32 Å². The summed E-state index contributed by atoms with van der Waals surface area (Å²) in [5, 5.41) is 3.45. The van der Waals surface area contributed by atoms with Gasteiger partial charge in [0.05, 0.1) is 12.6 Å². The van der Waals surface area contributed by atoms with Crippen LogP contribution in [0.5, 0.6) is 0 Å². The van der Waals surface area contributed by atoms with Crippen LogP contribution in [-0.4, -0.2) is 37.1 Å². The zero-order valence-corrected chi connectivity index (χ0v) is 12.8. The van der Waals surface area contributed by atoms with E-state index in [-0.39, 0.29) is 18.1 Å². The third-order valence-electron chi connectivity index (χ3n) is 3.93. The Morgan fingerprint density at radius 1 is 1.35 bits per heavy atom. The first-order chi connectivity index (χ1) is 9.58. The summed E-state index contributed by atoms with van der Waals surface area (Å²) in [4.78, 5) is 14.3. The van der Waals surface area contributed by atoms with Crippen molar-refractivity contribution in [2.45, 2.75) is 39.4 Å². The van der Waals surface area contributed by atoms with E-state index in [0.717, 1.165) is 6.42 Å². The van der Waals surface area contributed by atoms with Gasteiger partial charge in [-0.1, -0.05) is 30.7 Å². The van der Waals surface area contributed by atoms with Gasteiger partial charge in [-0.2, -0.15) is 0 Å². The van der Waals surface area contributed by atoms with Gasteiger partial charge in [0.1, 0.15) is 6.17 Å². The third-order valence-corrected chi connectivity index (χ3v) is 3.93. The monoisotopic (exact) mass is 276 g/mol. The van der Waals surface area contributed by atoms with E-state index in [2.05, 4.69) is 37.4 Å². The van der Waals surface area contributed by atoms with Crippen LogP contribution in [0.25, 0.3) is 0 Å². The second kappa shape index (κ2) is 6.37.